The zero-order chi connectivity index (χ0) is 15.8. The lowest BCUT2D eigenvalue weighted by Crippen LogP contribution is -2.26. The Morgan fingerprint density at radius 2 is 1.73 bits per heavy atom. The van der Waals surface area contributed by atoms with Crippen molar-refractivity contribution in [2.45, 2.75) is 13.0 Å². The van der Waals surface area contributed by atoms with Crippen LogP contribution in [0.25, 0.3) is 0 Å². The van der Waals surface area contributed by atoms with E-state index in [1.807, 2.05) is 36.4 Å². The maximum Gasteiger partial charge on any atom is 0.407 e. The minimum atomic E-state index is -0.961. The topological polar surface area (TPSA) is 75.6 Å². The molecule has 0 atom stereocenters. The average molecular weight is 299 g/mol. The fraction of sp³-hybridized carbons (Fsp3) is 0.176. The van der Waals surface area contributed by atoms with E-state index in [-0.39, 0.29) is 12.2 Å². The van der Waals surface area contributed by atoms with Crippen LogP contribution >= 0.6 is 0 Å². The molecule has 0 unspecified atom stereocenters. The van der Waals surface area contributed by atoms with E-state index < -0.39 is 12.1 Å². The number of carbonyl (C=O) groups is 2. The number of nitrogens with one attached hydrogen (secondary N) is 1. The first-order chi connectivity index (χ1) is 10.6. The number of benzene rings is 2. The van der Waals surface area contributed by atoms with Crippen LogP contribution in [-0.2, 0) is 17.8 Å². The molecule has 0 saturated heterocycles. The lowest BCUT2D eigenvalue weighted by Gasteiger charge is -2.07. The summed E-state index contributed by atoms with van der Waals surface area (Å²) in [7, 11) is 0. The molecule has 0 saturated carbocycles. The Labute approximate surface area is 128 Å². The number of hydrogen-bond acceptors (Lipinski definition) is 3. The number of alkyl carbamates (subject to hydrolysis) is 1. The van der Waals surface area contributed by atoms with Gasteiger partial charge < -0.3 is 15.2 Å². The molecule has 0 bridgehead atoms. The molecule has 5 heteroatoms. The maximum atomic E-state index is 11.6. The fourth-order valence-corrected chi connectivity index (χ4v) is 1.94. The highest BCUT2D eigenvalue weighted by Crippen LogP contribution is 2.06. The number of amides is 1. The van der Waals surface area contributed by atoms with Crippen molar-refractivity contribution in [2.24, 2.45) is 0 Å². The molecule has 0 aliphatic rings. The number of ether oxygens (including phenoxy) is 1. The predicted octanol–water partition coefficient (Wildman–Crippen LogP) is 2.85. The van der Waals surface area contributed by atoms with E-state index in [0.29, 0.717) is 13.0 Å². The number of carboxylic acids is 1. The molecule has 0 fully saturated rings. The molecule has 2 rings (SSSR count). The van der Waals surface area contributed by atoms with Crippen LogP contribution < -0.4 is 5.32 Å². The van der Waals surface area contributed by atoms with Crippen molar-refractivity contribution < 1.29 is 19.4 Å². The summed E-state index contributed by atoms with van der Waals surface area (Å²) in [5.41, 5.74) is 2.01. The summed E-state index contributed by atoms with van der Waals surface area (Å²) >= 11 is 0. The van der Waals surface area contributed by atoms with Crippen molar-refractivity contribution in [3.63, 3.8) is 0 Å². The molecule has 2 aromatic rings. The lowest BCUT2D eigenvalue weighted by molar-refractivity contribution is 0.0696. The second-order valence-corrected chi connectivity index (χ2v) is 4.74. The molecule has 1 amide bonds. The molecule has 2 N–H and O–H groups in total. The van der Waals surface area contributed by atoms with Gasteiger partial charge in [-0.2, -0.15) is 0 Å². The maximum absolute atomic E-state index is 11.6. The van der Waals surface area contributed by atoms with Gasteiger partial charge in [0.25, 0.3) is 0 Å². The third-order valence-corrected chi connectivity index (χ3v) is 3.07. The molecule has 114 valence electrons. The fourth-order valence-electron chi connectivity index (χ4n) is 1.94. The van der Waals surface area contributed by atoms with Crippen LogP contribution in [0.1, 0.15) is 21.5 Å². The molecule has 5 nitrogen and oxygen atoms in total. The van der Waals surface area contributed by atoms with Gasteiger partial charge in [-0.1, -0.05) is 42.5 Å². The highest BCUT2D eigenvalue weighted by Gasteiger charge is 2.05. The van der Waals surface area contributed by atoms with Crippen LogP contribution in [0.5, 0.6) is 0 Å². The Morgan fingerprint density at radius 3 is 2.45 bits per heavy atom. The summed E-state index contributed by atoms with van der Waals surface area (Å²) in [5, 5.41) is 11.6. The van der Waals surface area contributed by atoms with Crippen LogP contribution in [0.4, 0.5) is 4.79 Å². The molecule has 2 aromatic carbocycles. The largest absolute Gasteiger partial charge is 0.478 e. The van der Waals surface area contributed by atoms with Gasteiger partial charge in [-0.3, -0.25) is 0 Å². The summed E-state index contributed by atoms with van der Waals surface area (Å²) in [4.78, 5) is 22.4. The molecule has 0 aromatic heterocycles. The number of aromatic carboxylic acids is 1. The van der Waals surface area contributed by atoms with E-state index in [2.05, 4.69) is 5.32 Å². The molecule has 0 radical (unpaired) electrons. The normalized spacial score (nSPS) is 10.0. The van der Waals surface area contributed by atoms with Gasteiger partial charge in [0, 0.05) is 6.54 Å². The zero-order valence-corrected chi connectivity index (χ0v) is 12.0. The summed E-state index contributed by atoms with van der Waals surface area (Å²) in [6, 6.07) is 16.1. The van der Waals surface area contributed by atoms with Crippen LogP contribution in [-0.4, -0.2) is 23.7 Å². The quantitative estimate of drug-likeness (QED) is 0.860. The average Bonchev–Trinajstić information content (AvgIpc) is 2.54. The molecule has 0 spiro atoms. The summed E-state index contributed by atoms with van der Waals surface area (Å²) in [6.45, 7) is 0.609. The number of carboxylic acid groups (broad SMARTS) is 1. The van der Waals surface area contributed by atoms with Gasteiger partial charge in [-0.15, -0.1) is 0 Å². The Morgan fingerprint density at radius 1 is 1.00 bits per heavy atom. The molecule has 0 aliphatic carbocycles. The second kappa shape index (κ2) is 7.83. The van der Waals surface area contributed by atoms with Gasteiger partial charge in [0.05, 0.1) is 5.56 Å². The standard InChI is InChI=1S/C17H17NO4/c19-16(20)15-8-4-7-13(11-15)9-10-18-17(21)22-12-14-5-2-1-3-6-14/h1-8,11H,9-10,12H2,(H,18,21)(H,19,20). The molecule has 22 heavy (non-hydrogen) atoms. The van der Waals surface area contributed by atoms with Crippen molar-refractivity contribution in [1.29, 1.82) is 0 Å². The minimum Gasteiger partial charge on any atom is -0.478 e. The van der Waals surface area contributed by atoms with Gasteiger partial charge in [-0.25, -0.2) is 9.59 Å². The highest BCUT2D eigenvalue weighted by atomic mass is 16.5. The van der Waals surface area contributed by atoms with E-state index in [1.165, 1.54) is 6.07 Å². The molecular weight excluding hydrogens is 282 g/mol. The first kappa shape index (κ1) is 15.6. The van der Waals surface area contributed by atoms with Crippen LogP contribution in [0.3, 0.4) is 0 Å². The van der Waals surface area contributed by atoms with Crippen molar-refractivity contribution in [3.8, 4) is 0 Å². The van der Waals surface area contributed by atoms with E-state index in [4.69, 9.17) is 9.84 Å². The predicted molar refractivity (Wildman–Crippen MR) is 81.7 cm³/mol. The number of rotatable bonds is 6. The molecule has 0 aliphatic heterocycles. The van der Waals surface area contributed by atoms with E-state index >= 15 is 0 Å². The summed E-state index contributed by atoms with van der Waals surface area (Å²) in [6.07, 6.45) is 0.0555. The van der Waals surface area contributed by atoms with Crippen molar-refractivity contribution >= 4 is 12.1 Å². The Balaban J connectivity index is 1.73. The van der Waals surface area contributed by atoms with Crippen molar-refractivity contribution in [1.82, 2.24) is 5.32 Å². The van der Waals surface area contributed by atoms with Gasteiger partial charge in [0.15, 0.2) is 0 Å². The Hall–Kier alpha value is -2.82. The van der Waals surface area contributed by atoms with Crippen molar-refractivity contribution in [3.05, 3.63) is 71.3 Å². The van der Waals surface area contributed by atoms with Crippen LogP contribution in [0.2, 0.25) is 0 Å². The Bertz CT molecular complexity index is 640. The van der Waals surface area contributed by atoms with E-state index in [9.17, 15) is 9.59 Å². The number of carbonyl (C=O) groups excluding carboxylic acids is 1. The first-order valence-electron chi connectivity index (χ1n) is 6.92. The van der Waals surface area contributed by atoms with Crippen molar-refractivity contribution in [2.75, 3.05) is 6.54 Å². The molecule has 0 heterocycles. The van der Waals surface area contributed by atoms with Gasteiger partial charge in [0.2, 0.25) is 0 Å². The van der Waals surface area contributed by atoms with Crippen LogP contribution in [0, 0.1) is 0 Å². The monoisotopic (exact) mass is 299 g/mol. The van der Waals surface area contributed by atoms with Gasteiger partial charge >= 0.3 is 12.1 Å². The van der Waals surface area contributed by atoms with Crippen LogP contribution in [0.15, 0.2) is 54.6 Å². The summed E-state index contributed by atoms with van der Waals surface area (Å²) in [5.74, 6) is -0.961. The van der Waals surface area contributed by atoms with Gasteiger partial charge in [-0.05, 0) is 29.7 Å². The zero-order valence-electron chi connectivity index (χ0n) is 12.0. The third kappa shape index (κ3) is 4.94. The SMILES string of the molecule is O=C(NCCc1cccc(C(=O)O)c1)OCc1ccccc1. The number of hydrogen-bond donors (Lipinski definition) is 2. The second-order valence-electron chi connectivity index (χ2n) is 4.74. The minimum absolute atomic E-state index is 0.223. The summed E-state index contributed by atoms with van der Waals surface area (Å²) < 4.78 is 5.08. The smallest absolute Gasteiger partial charge is 0.407 e. The molecular formula is C17H17NO4. The first-order valence-corrected chi connectivity index (χ1v) is 6.92. The van der Waals surface area contributed by atoms with E-state index in [1.54, 1.807) is 12.1 Å². The Kier molecular flexibility index (Phi) is 5.54. The lowest BCUT2D eigenvalue weighted by atomic mass is 10.1. The highest BCUT2D eigenvalue weighted by molar-refractivity contribution is 5.87. The third-order valence-electron chi connectivity index (χ3n) is 3.07. The van der Waals surface area contributed by atoms with Gasteiger partial charge in [0.1, 0.15) is 6.61 Å². The van der Waals surface area contributed by atoms with E-state index in [0.717, 1.165) is 11.1 Å².